The molecule has 6 nitrogen and oxygen atoms in total. The van der Waals surface area contributed by atoms with E-state index in [1.54, 1.807) is 80.6 Å². The molecule has 0 heterocycles. The van der Waals surface area contributed by atoms with E-state index in [4.69, 9.17) is 18.9 Å². The molecule has 3 aromatic carbocycles. The van der Waals surface area contributed by atoms with Gasteiger partial charge in [-0.05, 0) is 49.2 Å². The smallest absolute Gasteiger partial charge is 0.338 e. The monoisotopic (exact) mass is 552 g/mol. The van der Waals surface area contributed by atoms with Crippen LogP contribution in [0.1, 0.15) is 36.1 Å². The maximum atomic E-state index is 14.8. The van der Waals surface area contributed by atoms with Gasteiger partial charge < -0.3 is 18.9 Å². The molecule has 0 N–H and O–H groups in total. The second kappa shape index (κ2) is 15.2. The van der Waals surface area contributed by atoms with Crippen molar-refractivity contribution in [3.63, 3.8) is 0 Å². The first-order chi connectivity index (χ1) is 19.7. The molecule has 0 saturated heterocycles. The highest BCUT2D eigenvalue weighted by atomic mass is 19.1. The summed E-state index contributed by atoms with van der Waals surface area (Å²) < 4.78 is 35.6. The first-order valence-corrected chi connectivity index (χ1v) is 12.4. The predicted octanol–water partition coefficient (Wildman–Crippen LogP) is 8.11. The summed E-state index contributed by atoms with van der Waals surface area (Å²) in [6.45, 7) is 10.1. The van der Waals surface area contributed by atoms with Crippen LogP contribution in [0.15, 0.2) is 116 Å². The van der Waals surface area contributed by atoms with Gasteiger partial charge in [-0.1, -0.05) is 79.9 Å². The van der Waals surface area contributed by atoms with Gasteiger partial charge >= 0.3 is 11.9 Å². The fourth-order valence-electron chi connectivity index (χ4n) is 3.16. The topological polar surface area (TPSA) is 71.1 Å². The van der Waals surface area contributed by atoms with Gasteiger partial charge in [-0.25, -0.2) is 14.0 Å². The Kier molecular flexibility index (Phi) is 11.2. The molecule has 208 valence electrons. The van der Waals surface area contributed by atoms with Crippen molar-refractivity contribution in [3.8, 4) is 11.5 Å². The molecule has 3 rings (SSSR count). The van der Waals surface area contributed by atoms with Crippen LogP contribution in [-0.2, 0) is 19.1 Å². The third kappa shape index (κ3) is 10.00. The molecule has 0 radical (unpaired) electrons. The van der Waals surface area contributed by atoms with E-state index in [0.29, 0.717) is 22.6 Å². The first kappa shape index (κ1) is 30.1. The van der Waals surface area contributed by atoms with E-state index >= 15 is 0 Å². The number of carbonyl (C=O) groups excluding carboxylic acids is 2. The van der Waals surface area contributed by atoms with Crippen LogP contribution in [0.2, 0.25) is 0 Å². The summed E-state index contributed by atoms with van der Waals surface area (Å²) in [6, 6.07) is 19.3. The van der Waals surface area contributed by atoms with Crippen molar-refractivity contribution in [3.05, 3.63) is 144 Å². The molecule has 41 heavy (non-hydrogen) atoms. The van der Waals surface area contributed by atoms with Crippen LogP contribution < -0.4 is 9.47 Å². The zero-order chi connectivity index (χ0) is 29.6. The molecule has 0 amide bonds. The minimum absolute atomic E-state index is 0.278. The summed E-state index contributed by atoms with van der Waals surface area (Å²) in [7, 11) is 0. The Balaban J connectivity index is 1.62. The molecule has 3 aromatic rings. The Morgan fingerprint density at radius 3 is 1.93 bits per heavy atom. The maximum absolute atomic E-state index is 14.8. The zero-order valence-electron chi connectivity index (χ0n) is 22.7. The lowest BCUT2D eigenvalue weighted by molar-refractivity contribution is -0.134. The molecule has 0 fully saturated rings. The number of rotatable bonds is 12. The molecular formula is C34H29FO6. The van der Waals surface area contributed by atoms with Gasteiger partial charge in [-0.3, -0.25) is 0 Å². The number of hydrogen-bond acceptors (Lipinski definition) is 6. The summed E-state index contributed by atoms with van der Waals surface area (Å²) in [4.78, 5) is 22.8. The number of ether oxygens (including phenoxy) is 4. The average molecular weight is 553 g/mol. The van der Waals surface area contributed by atoms with Gasteiger partial charge in [-0.2, -0.15) is 0 Å². The van der Waals surface area contributed by atoms with Crippen molar-refractivity contribution in [2.45, 2.75) is 13.8 Å². The van der Waals surface area contributed by atoms with Gasteiger partial charge in [0.05, 0.1) is 0 Å². The van der Waals surface area contributed by atoms with Crippen molar-refractivity contribution in [1.29, 1.82) is 0 Å². The van der Waals surface area contributed by atoms with Crippen LogP contribution in [-0.4, -0.2) is 11.9 Å². The minimum atomic E-state index is -0.547. The summed E-state index contributed by atoms with van der Waals surface area (Å²) >= 11 is 0. The largest absolute Gasteiger partial charge is 0.462 e. The van der Waals surface area contributed by atoms with Crippen molar-refractivity contribution in [2.24, 2.45) is 0 Å². The van der Waals surface area contributed by atoms with Crippen molar-refractivity contribution < 1.29 is 32.9 Å². The second-order valence-electron chi connectivity index (χ2n) is 8.71. The van der Waals surface area contributed by atoms with E-state index in [1.165, 1.54) is 18.6 Å². The third-order valence-electron chi connectivity index (χ3n) is 5.27. The quantitative estimate of drug-likeness (QED) is 0.0978. The number of esters is 2. The standard InChI is InChI=1S/C34H29FO6/c1-24(2)33(36)40-20-18-38-30-10-7-8-26(22-30)12-15-28-16-13-27(23-31(28)35)14-17-29-9-5-6-11-32(29)39-19-21-41-34(37)25(3)4/h5-23H,1,3H2,2,4H3. The van der Waals surface area contributed by atoms with E-state index in [9.17, 15) is 14.0 Å². The van der Waals surface area contributed by atoms with Gasteiger partial charge in [0.2, 0.25) is 0 Å². The first-order valence-electron chi connectivity index (χ1n) is 12.4. The van der Waals surface area contributed by atoms with Crippen molar-refractivity contribution >= 4 is 36.2 Å². The van der Waals surface area contributed by atoms with E-state index in [1.807, 2.05) is 18.2 Å². The van der Waals surface area contributed by atoms with E-state index in [2.05, 4.69) is 13.2 Å². The van der Waals surface area contributed by atoms with Gasteiger partial charge in [0, 0.05) is 22.3 Å². The summed E-state index contributed by atoms with van der Waals surface area (Å²) in [5.74, 6) is -0.430. The molecular weight excluding hydrogens is 523 g/mol. The van der Waals surface area contributed by atoms with Crippen LogP contribution >= 0.6 is 0 Å². The fraction of sp³-hybridized carbons (Fsp3) is 0.0588. The molecule has 0 spiro atoms. The maximum Gasteiger partial charge on any atom is 0.338 e. The lowest BCUT2D eigenvalue weighted by Gasteiger charge is -2.05. The summed E-state index contributed by atoms with van der Waals surface area (Å²) in [5, 5.41) is 0. The van der Waals surface area contributed by atoms with Gasteiger partial charge in [-0.15, -0.1) is 0 Å². The molecule has 0 bridgehead atoms. The third-order valence-corrected chi connectivity index (χ3v) is 5.27. The molecule has 0 aliphatic heterocycles. The number of carbonyl (C=O) groups is 2. The number of hydrogen-bond donors (Lipinski definition) is 0. The fourth-order valence-corrected chi connectivity index (χ4v) is 3.16. The van der Waals surface area contributed by atoms with E-state index in [-0.39, 0.29) is 17.0 Å². The number of halogens is 1. The predicted molar refractivity (Wildman–Crippen MR) is 158 cm³/mol. The Labute approximate surface area is 238 Å². The number of benzene rings is 3. The Morgan fingerprint density at radius 2 is 1.27 bits per heavy atom. The van der Waals surface area contributed by atoms with Crippen LogP contribution in [0.3, 0.4) is 0 Å². The lowest BCUT2D eigenvalue weighted by atomic mass is 10.1. The van der Waals surface area contributed by atoms with Crippen LogP contribution in [0.4, 0.5) is 4.39 Å². The normalized spacial score (nSPS) is 11.3. The molecule has 0 atom stereocenters. The SMILES string of the molecule is C=C(C)C(=O)OC=COc1cccc(C=Cc2ccc(C=Cc3ccccc3OC=COC(=O)C(=C)C)cc2F)c1. The number of para-hydroxylation sites is 1. The summed E-state index contributed by atoms with van der Waals surface area (Å²) in [6.07, 6.45) is 11.8. The molecule has 7 heteroatoms. The Bertz CT molecular complexity index is 1540. The van der Waals surface area contributed by atoms with Gasteiger partial charge in [0.1, 0.15) is 42.4 Å². The van der Waals surface area contributed by atoms with Crippen molar-refractivity contribution in [1.82, 2.24) is 0 Å². The van der Waals surface area contributed by atoms with Crippen LogP contribution in [0, 0.1) is 5.82 Å². The highest BCUT2D eigenvalue weighted by Gasteiger charge is 2.03. The second-order valence-corrected chi connectivity index (χ2v) is 8.71. The van der Waals surface area contributed by atoms with Crippen LogP contribution in [0.25, 0.3) is 24.3 Å². The average Bonchev–Trinajstić information content (AvgIpc) is 2.96. The highest BCUT2D eigenvalue weighted by molar-refractivity contribution is 5.87. The Morgan fingerprint density at radius 1 is 0.659 bits per heavy atom. The van der Waals surface area contributed by atoms with Crippen molar-refractivity contribution in [2.75, 3.05) is 0 Å². The zero-order valence-corrected chi connectivity index (χ0v) is 22.7. The van der Waals surface area contributed by atoms with Gasteiger partial charge in [0.25, 0.3) is 0 Å². The van der Waals surface area contributed by atoms with Gasteiger partial charge in [0.15, 0.2) is 0 Å². The van der Waals surface area contributed by atoms with E-state index < -0.39 is 11.9 Å². The summed E-state index contributed by atoms with van der Waals surface area (Å²) in [5.41, 5.74) is 3.17. The minimum Gasteiger partial charge on any atom is -0.462 e. The van der Waals surface area contributed by atoms with E-state index in [0.717, 1.165) is 23.7 Å². The molecule has 0 aliphatic carbocycles. The molecule has 0 unspecified atom stereocenters. The molecule has 0 aliphatic rings. The molecule has 0 saturated carbocycles. The van der Waals surface area contributed by atoms with Crippen LogP contribution in [0.5, 0.6) is 11.5 Å². The Hall–Kier alpha value is -5.43. The highest BCUT2D eigenvalue weighted by Crippen LogP contribution is 2.22. The molecule has 0 aromatic heterocycles. The lowest BCUT2D eigenvalue weighted by Crippen LogP contribution is -1.99.